The van der Waals surface area contributed by atoms with Crippen molar-refractivity contribution in [2.45, 2.75) is 33.7 Å². The largest absolute Gasteiger partial charge is 0.487 e. The van der Waals surface area contributed by atoms with Crippen LogP contribution in [0, 0.1) is 16.0 Å². The summed E-state index contributed by atoms with van der Waals surface area (Å²) in [5.74, 6) is 0.691. The molecular formula is C14H22N2O3. The van der Waals surface area contributed by atoms with E-state index in [4.69, 9.17) is 4.74 Å². The van der Waals surface area contributed by atoms with E-state index in [2.05, 4.69) is 12.2 Å². The Balaban J connectivity index is 2.81. The summed E-state index contributed by atoms with van der Waals surface area (Å²) in [7, 11) is 0. The molecule has 0 aliphatic rings. The van der Waals surface area contributed by atoms with Crippen LogP contribution in [0.15, 0.2) is 18.2 Å². The molecule has 0 fully saturated rings. The van der Waals surface area contributed by atoms with E-state index in [1.165, 1.54) is 6.07 Å². The van der Waals surface area contributed by atoms with Gasteiger partial charge in [0.15, 0.2) is 5.75 Å². The zero-order chi connectivity index (χ0) is 14.3. The van der Waals surface area contributed by atoms with Crippen LogP contribution in [0.25, 0.3) is 0 Å². The Morgan fingerprint density at radius 2 is 2.16 bits per heavy atom. The molecule has 1 N–H and O–H groups in total. The summed E-state index contributed by atoms with van der Waals surface area (Å²) in [6, 6.07) is 5.03. The molecule has 0 saturated heterocycles. The lowest BCUT2D eigenvalue weighted by atomic mass is 10.2. The molecule has 0 radical (unpaired) electrons. The number of nitrogens with zero attached hydrogens (tertiary/aromatic N) is 1. The Morgan fingerprint density at radius 3 is 2.74 bits per heavy atom. The van der Waals surface area contributed by atoms with Gasteiger partial charge < -0.3 is 10.1 Å². The molecule has 1 aromatic rings. The molecule has 0 aliphatic heterocycles. The first-order valence-corrected chi connectivity index (χ1v) is 6.65. The minimum atomic E-state index is -0.404. The molecular weight excluding hydrogens is 244 g/mol. The van der Waals surface area contributed by atoms with Crippen molar-refractivity contribution < 1.29 is 9.66 Å². The van der Waals surface area contributed by atoms with E-state index in [-0.39, 0.29) is 5.69 Å². The minimum Gasteiger partial charge on any atom is -0.487 e. The maximum Gasteiger partial charge on any atom is 0.310 e. The predicted molar refractivity (Wildman–Crippen MR) is 75.4 cm³/mol. The Kier molecular flexibility index (Phi) is 6.29. The van der Waals surface area contributed by atoms with Crippen LogP contribution < -0.4 is 10.1 Å². The van der Waals surface area contributed by atoms with Crippen molar-refractivity contribution >= 4 is 5.69 Å². The van der Waals surface area contributed by atoms with Gasteiger partial charge in [-0.3, -0.25) is 10.1 Å². The summed E-state index contributed by atoms with van der Waals surface area (Å²) in [5.41, 5.74) is 1.03. The van der Waals surface area contributed by atoms with Crippen LogP contribution in [0.1, 0.15) is 32.8 Å². The average Bonchev–Trinajstić information content (AvgIpc) is 2.36. The number of nitro benzene ring substituents is 1. The van der Waals surface area contributed by atoms with Gasteiger partial charge in [-0.05, 0) is 30.5 Å². The first-order chi connectivity index (χ1) is 9.04. The lowest BCUT2D eigenvalue weighted by molar-refractivity contribution is -0.385. The lowest BCUT2D eigenvalue weighted by Gasteiger charge is -2.11. The summed E-state index contributed by atoms with van der Waals surface area (Å²) in [4.78, 5) is 10.5. The van der Waals surface area contributed by atoms with Crippen LogP contribution in [0.3, 0.4) is 0 Å². The van der Waals surface area contributed by atoms with E-state index in [1.807, 2.05) is 13.8 Å². The Morgan fingerprint density at radius 1 is 1.42 bits per heavy atom. The Labute approximate surface area is 114 Å². The monoisotopic (exact) mass is 266 g/mol. The van der Waals surface area contributed by atoms with E-state index in [1.54, 1.807) is 12.1 Å². The highest BCUT2D eigenvalue weighted by molar-refractivity contribution is 5.48. The van der Waals surface area contributed by atoms with E-state index < -0.39 is 4.92 Å². The summed E-state index contributed by atoms with van der Waals surface area (Å²) >= 11 is 0. The SMILES string of the molecule is CCCNCc1ccc([N+](=O)[O-])c(OCC(C)C)c1. The highest BCUT2D eigenvalue weighted by Crippen LogP contribution is 2.28. The van der Waals surface area contributed by atoms with Crippen molar-refractivity contribution in [3.8, 4) is 5.75 Å². The summed E-state index contributed by atoms with van der Waals surface area (Å²) < 4.78 is 5.54. The van der Waals surface area contributed by atoms with Gasteiger partial charge in [0, 0.05) is 12.6 Å². The third-order valence-corrected chi connectivity index (χ3v) is 2.55. The molecule has 0 bridgehead atoms. The Hall–Kier alpha value is -1.62. The molecule has 0 amide bonds. The molecule has 1 rings (SSSR count). The molecule has 1 aromatic carbocycles. The minimum absolute atomic E-state index is 0.0277. The quantitative estimate of drug-likeness (QED) is 0.446. The van der Waals surface area contributed by atoms with Gasteiger partial charge in [-0.15, -0.1) is 0 Å². The number of nitrogens with one attached hydrogen (secondary N) is 1. The van der Waals surface area contributed by atoms with Gasteiger partial charge in [0.25, 0.3) is 0 Å². The number of nitro groups is 1. The fourth-order valence-corrected chi connectivity index (χ4v) is 1.60. The van der Waals surface area contributed by atoms with Gasteiger partial charge in [0.2, 0.25) is 0 Å². The number of benzene rings is 1. The highest BCUT2D eigenvalue weighted by Gasteiger charge is 2.15. The fourth-order valence-electron chi connectivity index (χ4n) is 1.60. The second kappa shape index (κ2) is 7.74. The zero-order valence-electron chi connectivity index (χ0n) is 11.8. The first kappa shape index (κ1) is 15.4. The smallest absolute Gasteiger partial charge is 0.310 e. The molecule has 0 unspecified atom stereocenters. The van der Waals surface area contributed by atoms with Crippen molar-refractivity contribution in [2.75, 3.05) is 13.2 Å². The standard InChI is InChI=1S/C14H22N2O3/c1-4-7-15-9-12-5-6-13(16(17)18)14(8-12)19-10-11(2)3/h5-6,8,11,15H,4,7,9-10H2,1-3H3. The number of rotatable bonds is 8. The first-order valence-electron chi connectivity index (χ1n) is 6.65. The second-order valence-corrected chi connectivity index (χ2v) is 4.94. The van der Waals surface area contributed by atoms with Gasteiger partial charge in [0.1, 0.15) is 0 Å². The predicted octanol–water partition coefficient (Wildman–Crippen LogP) is 3.13. The van der Waals surface area contributed by atoms with E-state index in [0.717, 1.165) is 18.5 Å². The van der Waals surface area contributed by atoms with E-state index in [9.17, 15) is 10.1 Å². The number of hydrogen-bond donors (Lipinski definition) is 1. The van der Waals surface area contributed by atoms with Crippen molar-refractivity contribution in [1.82, 2.24) is 5.32 Å². The summed E-state index contributed by atoms with van der Waals surface area (Å²) in [6.45, 7) is 8.23. The fraction of sp³-hybridized carbons (Fsp3) is 0.571. The number of ether oxygens (including phenoxy) is 1. The van der Waals surface area contributed by atoms with Crippen molar-refractivity contribution in [3.05, 3.63) is 33.9 Å². The molecule has 0 aliphatic carbocycles. The maximum atomic E-state index is 10.9. The van der Waals surface area contributed by atoms with Gasteiger partial charge in [-0.1, -0.05) is 26.8 Å². The van der Waals surface area contributed by atoms with Gasteiger partial charge in [0.05, 0.1) is 11.5 Å². The van der Waals surface area contributed by atoms with Crippen LogP contribution in [-0.2, 0) is 6.54 Å². The van der Waals surface area contributed by atoms with Crippen LogP contribution in [-0.4, -0.2) is 18.1 Å². The maximum absolute atomic E-state index is 10.9. The highest BCUT2D eigenvalue weighted by atomic mass is 16.6. The molecule has 5 nitrogen and oxygen atoms in total. The molecule has 0 saturated carbocycles. The van der Waals surface area contributed by atoms with Crippen molar-refractivity contribution in [2.24, 2.45) is 5.92 Å². The van der Waals surface area contributed by atoms with E-state index in [0.29, 0.717) is 24.8 Å². The molecule has 0 spiro atoms. The van der Waals surface area contributed by atoms with Gasteiger partial charge in [-0.25, -0.2) is 0 Å². The van der Waals surface area contributed by atoms with Crippen molar-refractivity contribution in [1.29, 1.82) is 0 Å². The molecule has 106 valence electrons. The second-order valence-electron chi connectivity index (χ2n) is 4.94. The van der Waals surface area contributed by atoms with E-state index >= 15 is 0 Å². The molecule has 0 atom stereocenters. The van der Waals surface area contributed by atoms with Gasteiger partial charge >= 0.3 is 5.69 Å². The normalized spacial score (nSPS) is 10.7. The molecule has 0 heterocycles. The topological polar surface area (TPSA) is 64.4 Å². The van der Waals surface area contributed by atoms with Crippen LogP contribution in [0.2, 0.25) is 0 Å². The summed E-state index contributed by atoms with van der Waals surface area (Å²) in [5, 5.41) is 14.2. The zero-order valence-corrected chi connectivity index (χ0v) is 11.8. The van der Waals surface area contributed by atoms with Crippen LogP contribution >= 0.6 is 0 Å². The molecule has 0 aromatic heterocycles. The third kappa shape index (κ3) is 5.26. The third-order valence-electron chi connectivity index (χ3n) is 2.55. The lowest BCUT2D eigenvalue weighted by Crippen LogP contribution is -2.14. The average molecular weight is 266 g/mol. The number of hydrogen-bond acceptors (Lipinski definition) is 4. The van der Waals surface area contributed by atoms with Gasteiger partial charge in [-0.2, -0.15) is 0 Å². The Bertz CT molecular complexity index is 419. The molecule has 19 heavy (non-hydrogen) atoms. The van der Waals surface area contributed by atoms with Crippen molar-refractivity contribution in [3.63, 3.8) is 0 Å². The van der Waals surface area contributed by atoms with Crippen LogP contribution in [0.5, 0.6) is 5.75 Å². The van der Waals surface area contributed by atoms with Crippen LogP contribution in [0.4, 0.5) is 5.69 Å². The molecule has 5 heteroatoms. The summed E-state index contributed by atoms with van der Waals surface area (Å²) in [6.07, 6.45) is 1.06.